The van der Waals surface area contributed by atoms with Crippen molar-refractivity contribution < 1.29 is 9.32 Å². The van der Waals surface area contributed by atoms with Gasteiger partial charge in [-0.3, -0.25) is 9.78 Å². The second kappa shape index (κ2) is 9.00. The van der Waals surface area contributed by atoms with Gasteiger partial charge in [0.15, 0.2) is 5.76 Å². The molecule has 0 aromatic carbocycles. The van der Waals surface area contributed by atoms with E-state index in [1.165, 1.54) is 0 Å². The fourth-order valence-corrected chi connectivity index (χ4v) is 4.36. The van der Waals surface area contributed by atoms with Crippen LogP contribution in [0.5, 0.6) is 0 Å². The predicted molar refractivity (Wildman–Crippen MR) is 116 cm³/mol. The highest BCUT2D eigenvalue weighted by Gasteiger charge is 2.30. The van der Waals surface area contributed by atoms with Crippen LogP contribution in [0.25, 0.3) is 11.0 Å². The minimum Gasteiger partial charge on any atom is -0.360 e. The maximum Gasteiger partial charge on any atom is 0.270 e. The van der Waals surface area contributed by atoms with E-state index in [4.69, 9.17) is 4.52 Å². The van der Waals surface area contributed by atoms with Crippen molar-refractivity contribution in [1.82, 2.24) is 25.3 Å². The Labute approximate surface area is 177 Å². The predicted octanol–water partition coefficient (Wildman–Crippen LogP) is 4.24. The molecule has 0 saturated heterocycles. The lowest BCUT2D eigenvalue weighted by atomic mass is 9.89. The Bertz CT molecular complexity index is 959. The molecular weight excluding hydrogens is 378 g/mol. The standard InChI is InChI=1S/C23H31N5O2/c1-4-28(23(29)22-13-21-19(26-22)9-6-10-24-21)17-8-5-7-16(11-17)25-14-18-12-20(15(2)3)27-30-18/h6,9-10,12-13,15-17,25-26H,4-5,7-8,11,14H2,1-3H3/t16-,17+/m1/s1. The van der Waals surface area contributed by atoms with E-state index in [0.29, 0.717) is 30.7 Å². The zero-order chi connectivity index (χ0) is 21.1. The fourth-order valence-electron chi connectivity index (χ4n) is 4.36. The quantitative estimate of drug-likeness (QED) is 0.609. The van der Waals surface area contributed by atoms with Gasteiger partial charge in [-0.1, -0.05) is 19.0 Å². The number of hydrogen-bond acceptors (Lipinski definition) is 5. The molecule has 3 aromatic rings. The number of fused-ring (bicyclic) bond motifs is 1. The molecular formula is C23H31N5O2. The maximum atomic E-state index is 13.2. The molecule has 1 aliphatic carbocycles. The van der Waals surface area contributed by atoms with Crippen LogP contribution in [0.3, 0.4) is 0 Å². The van der Waals surface area contributed by atoms with E-state index < -0.39 is 0 Å². The average molecular weight is 410 g/mol. The number of carbonyl (C=O) groups excluding carboxylic acids is 1. The molecule has 30 heavy (non-hydrogen) atoms. The SMILES string of the molecule is CCN(C(=O)c1cc2ncccc2[nH]1)[C@H]1CCC[C@@H](NCc2cc(C(C)C)no2)C1. The average Bonchev–Trinajstić information content (AvgIpc) is 3.40. The van der Waals surface area contributed by atoms with Gasteiger partial charge in [0.05, 0.1) is 23.3 Å². The molecule has 1 amide bonds. The Hall–Kier alpha value is -2.67. The summed E-state index contributed by atoms with van der Waals surface area (Å²) in [5.74, 6) is 1.29. The molecule has 160 valence electrons. The lowest BCUT2D eigenvalue weighted by molar-refractivity contribution is 0.0622. The number of H-pyrrole nitrogens is 1. The van der Waals surface area contributed by atoms with Crippen molar-refractivity contribution in [2.45, 2.75) is 71.0 Å². The van der Waals surface area contributed by atoms with Crippen LogP contribution in [0.4, 0.5) is 0 Å². The van der Waals surface area contributed by atoms with E-state index in [0.717, 1.165) is 48.2 Å². The highest BCUT2D eigenvalue weighted by molar-refractivity contribution is 5.97. The summed E-state index contributed by atoms with van der Waals surface area (Å²) in [7, 11) is 0. The van der Waals surface area contributed by atoms with E-state index in [-0.39, 0.29) is 11.9 Å². The lowest BCUT2D eigenvalue weighted by Gasteiger charge is -2.37. The van der Waals surface area contributed by atoms with Gasteiger partial charge in [-0.25, -0.2) is 0 Å². The molecule has 3 aromatic heterocycles. The smallest absolute Gasteiger partial charge is 0.270 e. The van der Waals surface area contributed by atoms with Gasteiger partial charge in [-0.05, 0) is 56.7 Å². The minimum absolute atomic E-state index is 0.0537. The molecule has 7 heteroatoms. The zero-order valence-electron chi connectivity index (χ0n) is 18.0. The largest absolute Gasteiger partial charge is 0.360 e. The highest BCUT2D eigenvalue weighted by atomic mass is 16.5. The first-order valence-corrected chi connectivity index (χ1v) is 11.0. The summed E-state index contributed by atoms with van der Waals surface area (Å²) in [6.07, 6.45) is 5.95. The first-order chi connectivity index (χ1) is 14.5. The minimum atomic E-state index is 0.0537. The van der Waals surface area contributed by atoms with Crippen molar-refractivity contribution in [3.05, 3.63) is 47.6 Å². The summed E-state index contributed by atoms with van der Waals surface area (Å²) in [6, 6.07) is 8.31. The summed E-state index contributed by atoms with van der Waals surface area (Å²) >= 11 is 0. The summed E-state index contributed by atoms with van der Waals surface area (Å²) in [6.45, 7) is 7.64. The van der Waals surface area contributed by atoms with Crippen LogP contribution in [0, 0.1) is 0 Å². The first-order valence-electron chi connectivity index (χ1n) is 11.0. The Morgan fingerprint density at radius 3 is 2.97 bits per heavy atom. The molecule has 0 bridgehead atoms. The van der Waals surface area contributed by atoms with Crippen molar-refractivity contribution in [1.29, 1.82) is 0 Å². The molecule has 2 N–H and O–H groups in total. The van der Waals surface area contributed by atoms with Crippen LogP contribution in [0.2, 0.25) is 0 Å². The van der Waals surface area contributed by atoms with Gasteiger partial charge in [0.25, 0.3) is 5.91 Å². The third-order valence-electron chi connectivity index (χ3n) is 6.04. The fraction of sp³-hybridized carbons (Fsp3) is 0.522. The first kappa shape index (κ1) is 20.6. The Kier molecular flexibility index (Phi) is 6.18. The molecule has 3 heterocycles. The summed E-state index contributed by atoms with van der Waals surface area (Å²) in [5.41, 5.74) is 3.33. The van der Waals surface area contributed by atoms with Crippen LogP contribution < -0.4 is 5.32 Å². The molecule has 1 aliphatic rings. The summed E-state index contributed by atoms with van der Waals surface area (Å²) in [4.78, 5) is 22.8. The lowest BCUT2D eigenvalue weighted by Crippen LogP contribution is -2.46. The topological polar surface area (TPSA) is 87.0 Å². The van der Waals surface area contributed by atoms with Gasteiger partial charge >= 0.3 is 0 Å². The Balaban J connectivity index is 1.39. The third-order valence-corrected chi connectivity index (χ3v) is 6.04. The third kappa shape index (κ3) is 4.41. The second-order valence-corrected chi connectivity index (χ2v) is 8.48. The number of aromatic amines is 1. The summed E-state index contributed by atoms with van der Waals surface area (Å²) < 4.78 is 5.45. The number of hydrogen-bond donors (Lipinski definition) is 2. The van der Waals surface area contributed by atoms with Crippen molar-refractivity contribution in [3.63, 3.8) is 0 Å². The number of pyridine rings is 1. The second-order valence-electron chi connectivity index (χ2n) is 8.48. The molecule has 0 unspecified atom stereocenters. The van der Waals surface area contributed by atoms with Gasteiger partial charge in [0, 0.05) is 30.9 Å². The number of nitrogens with zero attached hydrogens (tertiary/aromatic N) is 3. The monoisotopic (exact) mass is 409 g/mol. The van der Waals surface area contributed by atoms with Gasteiger partial charge in [-0.2, -0.15) is 0 Å². The molecule has 0 aliphatic heterocycles. The van der Waals surface area contributed by atoms with Gasteiger partial charge in [0.1, 0.15) is 5.69 Å². The molecule has 2 atom stereocenters. The van der Waals surface area contributed by atoms with Crippen LogP contribution in [0.15, 0.2) is 35.0 Å². The van der Waals surface area contributed by atoms with Crippen LogP contribution >= 0.6 is 0 Å². The van der Waals surface area contributed by atoms with Crippen LogP contribution in [0.1, 0.15) is 74.3 Å². The van der Waals surface area contributed by atoms with Crippen molar-refractivity contribution >= 4 is 16.9 Å². The van der Waals surface area contributed by atoms with E-state index in [1.54, 1.807) is 6.20 Å². The molecule has 7 nitrogen and oxygen atoms in total. The molecule has 0 radical (unpaired) electrons. The number of nitrogens with one attached hydrogen (secondary N) is 2. The maximum absolute atomic E-state index is 13.2. The number of amides is 1. The number of rotatable bonds is 7. The number of carbonyl (C=O) groups is 1. The van der Waals surface area contributed by atoms with E-state index in [9.17, 15) is 4.79 Å². The normalized spacial score (nSPS) is 19.5. The molecule has 1 fully saturated rings. The molecule has 0 spiro atoms. The van der Waals surface area contributed by atoms with Crippen molar-refractivity contribution in [2.24, 2.45) is 0 Å². The Morgan fingerprint density at radius 2 is 2.23 bits per heavy atom. The van der Waals surface area contributed by atoms with E-state index in [2.05, 4.69) is 41.2 Å². The van der Waals surface area contributed by atoms with Crippen molar-refractivity contribution in [2.75, 3.05) is 6.54 Å². The van der Waals surface area contributed by atoms with E-state index in [1.807, 2.05) is 29.2 Å². The van der Waals surface area contributed by atoms with Gasteiger partial charge in [-0.15, -0.1) is 0 Å². The van der Waals surface area contributed by atoms with Gasteiger partial charge in [0.2, 0.25) is 0 Å². The molecule has 1 saturated carbocycles. The summed E-state index contributed by atoms with van der Waals surface area (Å²) in [5, 5.41) is 7.74. The zero-order valence-corrected chi connectivity index (χ0v) is 18.0. The Morgan fingerprint density at radius 1 is 1.37 bits per heavy atom. The van der Waals surface area contributed by atoms with Gasteiger partial charge < -0.3 is 19.7 Å². The van der Waals surface area contributed by atoms with Crippen LogP contribution in [-0.2, 0) is 6.54 Å². The van der Waals surface area contributed by atoms with Crippen molar-refractivity contribution in [3.8, 4) is 0 Å². The number of aromatic nitrogens is 3. The van der Waals surface area contributed by atoms with Crippen LogP contribution in [-0.4, -0.2) is 44.6 Å². The van der Waals surface area contributed by atoms with E-state index >= 15 is 0 Å². The highest BCUT2D eigenvalue weighted by Crippen LogP contribution is 2.26. The molecule has 4 rings (SSSR count).